The van der Waals surface area contributed by atoms with Gasteiger partial charge in [0.05, 0.1) is 0 Å². The Morgan fingerprint density at radius 2 is 1.41 bits per heavy atom. The zero-order valence-corrected chi connectivity index (χ0v) is 12.1. The minimum atomic E-state index is 1.20. The molecule has 0 saturated heterocycles. The summed E-state index contributed by atoms with van der Waals surface area (Å²) in [5, 5.41) is 0. The first-order valence-corrected chi connectivity index (χ1v) is 6.60. The second-order valence-corrected chi connectivity index (χ2v) is 4.26. The van der Waals surface area contributed by atoms with Crippen molar-refractivity contribution in [1.82, 2.24) is 4.90 Å². The van der Waals surface area contributed by atoms with E-state index in [2.05, 4.69) is 42.7 Å². The highest BCUT2D eigenvalue weighted by Crippen LogP contribution is 2.07. The Kier molecular flexibility index (Phi) is 9.55. The van der Waals surface area contributed by atoms with Crippen LogP contribution in [0.25, 0.3) is 0 Å². The molecule has 0 N–H and O–H groups in total. The maximum atomic E-state index is 2.43. The van der Waals surface area contributed by atoms with Crippen LogP contribution >= 0.6 is 0 Å². The van der Waals surface area contributed by atoms with Crippen molar-refractivity contribution in [2.45, 2.75) is 27.2 Å². The quantitative estimate of drug-likeness (QED) is 0.772. The van der Waals surface area contributed by atoms with E-state index in [4.69, 9.17) is 0 Å². The highest BCUT2D eigenvalue weighted by Gasteiger charge is 1.92. The van der Waals surface area contributed by atoms with Crippen LogP contribution in [0.1, 0.15) is 27.2 Å². The maximum Gasteiger partial charge on any atom is 0.0360 e. The second-order valence-electron chi connectivity index (χ2n) is 4.26. The fourth-order valence-corrected chi connectivity index (χ4v) is 1.58. The summed E-state index contributed by atoms with van der Waals surface area (Å²) in [6, 6.07) is 10.3. The van der Waals surface area contributed by atoms with E-state index in [1.165, 1.54) is 31.7 Å². The monoisotopic (exact) mass is 236 g/mol. The predicted molar refractivity (Wildman–Crippen MR) is 78.8 cm³/mol. The zero-order valence-electron chi connectivity index (χ0n) is 12.1. The van der Waals surface area contributed by atoms with Crippen LogP contribution in [-0.2, 0) is 0 Å². The van der Waals surface area contributed by atoms with Gasteiger partial charge in [-0.3, -0.25) is 0 Å². The van der Waals surface area contributed by atoms with Gasteiger partial charge in [-0.05, 0) is 38.2 Å². The third-order valence-corrected chi connectivity index (χ3v) is 2.71. The zero-order chi connectivity index (χ0) is 13.1. The molecule has 0 heterocycles. The number of nitrogens with zero attached hydrogens (tertiary/aromatic N) is 2. The molecule has 0 saturated carbocycles. The fraction of sp³-hybridized carbons (Fsp3) is 0.600. The van der Waals surface area contributed by atoms with Gasteiger partial charge in [0, 0.05) is 19.8 Å². The van der Waals surface area contributed by atoms with Gasteiger partial charge in [-0.2, -0.15) is 0 Å². The molecule has 2 heteroatoms. The van der Waals surface area contributed by atoms with Crippen molar-refractivity contribution in [1.29, 1.82) is 0 Å². The SMILES string of the molecule is CCCN(CC)CC.CN(C)c1ccccc1. The Hall–Kier alpha value is -1.02. The Labute approximate surface area is 107 Å². The Balaban J connectivity index is 0.000000304. The summed E-state index contributed by atoms with van der Waals surface area (Å²) in [6.07, 6.45) is 1.28. The van der Waals surface area contributed by atoms with E-state index in [1.54, 1.807) is 0 Å². The normalized spacial score (nSPS) is 9.76. The molecular formula is C15H28N2. The molecule has 0 atom stereocenters. The van der Waals surface area contributed by atoms with Crippen LogP contribution in [-0.4, -0.2) is 38.6 Å². The molecule has 0 aromatic heterocycles. The molecule has 0 fully saturated rings. The van der Waals surface area contributed by atoms with Crippen LogP contribution in [0.3, 0.4) is 0 Å². The lowest BCUT2D eigenvalue weighted by molar-refractivity contribution is 0.304. The smallest absolute Gasteiger partial charge is 0.0360 e. The molecular weight excluding hydrogens is 208 g/mol. The van der Waals surface area contributed by atoms with Crippen molar-refractivity contribution < 1.29 is 0 Å². The summed E-state index contributed by atoms with van der Waals surface area (Å²) in [7, 11) is 4.07. The molecule has 2 nitrogen and oxygen atoms in total. The molecule has 0 aliphatic rings. The average molecular weight is 236 g/mol. The van der Waals surface area contributed by atoms with Crippen molar-refractivity contribution in [3.63, 3.8) is 0 Å². The number of rotatable bonds is 5. The van der Waals surface area contributed by atoms with Gasteiger partial charge in [0.25, 0.3) is 0 Å². The number of hydrogen-bond acceptors (Lipinski definition) is 2. The second kappa shape index (κ2) is 10.2. The lowest BCUT2D eigenvalue weighted by Crippen LogP contribution is -2.23. The minimum Gasteiger partial charge on any atom is -0.378 e. The highest BCUT2D eigenvalue weighted by molar-refractivity contribution is 5.43. The molecule has 1 aromatic rings. The van der Waals surface area contributed by atoms with Gasteiger partial charge in [-0.1, -0.05) is 39.0 Å². The van der Waals surface area contributed by atoms with Gasteiger partial charge in [-0.15, -0.1) is 0 Å². The van der Waals surface area contributed by atoms with Crippen molar-refractivity contribution in [3.05, 3.63) is 30.3 Å². The number of hydrogen-bond donors (Lipinski definition) is 0. The minimum absolute atomic E-state index is 1.20. The van der Waals surface area contributed by atoms with Crippen molar-refractivity contribution >= 4 is 5.69 Å². The van der Waals surface area contributed by atoms with Crippen LogP contribution in [0, 0.1) is 0 Å². The first-order valence-electron chi connectivity index (χ1n) is 6.60. The molecule has 0 radical (unpaired) electrons. The summed E-state index contributed by atoms with van der Waals surface area (Å²) in [6.45, 7) is 10.3. The third-order valence-electron chi connectivity index (χ3n) is 2.71. The van der Waals surface area contributed by atoms with Gasteiger partial charge in [0.15, 0.2) is 0 Å². The van der Waals surface area contributed by atoms with E-state index in [0.29, 0.717) is 0 Å². The molecule has 1 rings (SSSR count). The largest absolute Gasteiger partial charge is 0.378 e. The van der Waals surface area contributed by atoms with E-state index in [1.807, 2.05) is 32.3 Å². The number of benzene rings is 1. The first kappa shape index (κ1) is 16.0. The van der Waals surface area contributed by atoms with E-state index >= 15 is 0 Å². The van der Waals surface area contributed by atoms with Gasteiger partial charge in [-0.25, -0.2) is 0 Å². The van der Waals surface area contributed by atoms with Gasteiger partial charge in [0.1, 0.15) is 0 Å². The van der Waals surface area contributed by atoms with E-state index in [-0.39, 0.29) is 0 Å². The summed E-state index contributed by atoms with van der Waals surface area (Å²) in [5.41, 5.74) is 1.25. The summed E-state index contributed by atoms with van der Waals surface area (Å²) >= 11 is 0. The van der Waals surface area contributed by atoms with Crippen LogP contribution in [0.15, 0.2) is 30.3 Å². The summed E-state index contributed by atoms with van der Waals surface area (Å²) in [4.78, 5) is 4.51. The van der Waals surface area contributed by atoms with Crippen LogP contribution in [0.5, 0.6) is 0 Å². The van der Waals surface area contributed by atoms with Gasteiger partial charge in [0.2, 0.25) is 0 Å². The summed E-state index contributed by atoms with van der Waals surface area (Å²) < 4.78 is 0. The molecule has 98 valence electrons. The third kappa shape index (κ3) is 7.81. The number of anilines is 1. The van der Waals surface area contributed by atoms with Crippen LogP contribution < -0.4 is 4.90 Å². The molecule has 0 unspecified atom stereocenters. The lowest BCUT2D eigenvalue weighted by atomic mass is 10.3. The predicted octanol–water partition coefficient (Wildman–Crippen LogP) is 3.49. The van der Waals surface area contributed by atoms with Gasteiger partial charge >= 0.3 is 0 Å². The van der Waals surface area contributed by atoms with Crippen molar-refractivity contribution in [3.8, 4) is 0 Å². The van der Waals surface area contributed by atoms with Crippen molar-refractivity contribution in [2.24, 2.45) is 0 Å². The number of para-hydroxylation sites is 1. The summed E-state index contributed by atoms with van der Waals surface area (Å²) in [5.74, 6) is 0. The average Bonchev–Trinajstić information content (AvgIpc) is 2.37. The van der Waals surface area contributed by atoms with Crippen LogP contribution in [0.4, 0.5) is 5.69 Å². The topological polar surface area (TPSA) is 6.48 Å². The standard InChI is InChI=1S/C8H11N.C7H17N/c1-9(2)8-6-4-3-5-7-8;1-4-7-8(5-2)6-3/h3-7H,1-2H3;4-7H2,1-3H3. The Bertz CT molecular complexity index is 253. The Morgan fingerprint density at radius 1 is 0.882 bits per heavy atom. The van der Waals surface area contributed by atoms with E-state index < -0.39 is 0 Å². The molecule has 1 aromatic carbocycles. The van der Waals surface area contributed by atoms with Gasteiger partial charge < -0.3 is 9.80 Å². The Morgan fingerprint density at radius 3 is 1.65 bits per heavy atom. The molecule has 0 bridgehead atoms. The lowest BCUT2D eigenvalue weighted by Gasteiger charge is -2.15. The van der Waals surface area contributed by atoms with Crippen LogP contribution in [0.2, 0.25) is 0 Å². The fourth-order valence-electron chi connectivity index (χ4n) is 1.58. The van der Waals surface area contributed by atoms with E-state index in [0.717, 1.165) is 0 Å². The molecule has 0 aliphatic heterocycles. The van der Waals surface area contributed by atoms with Crippen molar-refractivity contribution in [2.75, 3.05) is 38.6 Å². The first-order chi connectivity index (χ1) is 8.15. The highest BCUT2D eigenvalue weighted by atomic mass is 15.1. The molecule has 0 aliphatic carbocycles. The molecule has 0 amide bonds. The molecule has 17 heavy (non-hydrogen) atoms. The maximum absolute atomic E-state index is 2.43. The molecule has 0 spiro atoms. The van der Waals surface area contributed by atoms with E-state index in [9.17, 15) is 0 Å².